The minimum Gasteiger partial charge on any atom is -0.505 e. The van der Waals surface area contributed by atoms with E-state index >= 15 is 0 Å². The zero-order chi connectivity index (χ0) is 16.5. The van der Waals surface area contributed by atoms with E-state index in [4.69, 9.17) is 4.74 Å². The van der Waals surface area contributed by atoms with E-state index in [1.165, 1.54) is 18.4 Å². The Bertz CT molecular complexity index is 726. The average molecular weight is 392 g/mol. The van der Waals surface area contributed by atoms with E-state index in [1.54, 1.807) is 6.20 Å². The maximum absolute atomic E-state index is 10.2. The summed E-state index contributed by atoms with van der Waals surface area (Å²) < 4.78 is 6.51. The monoisotopic (exact) mass is 391 g/mol. The summed E-state index contributed by atoms with van der Waals surface area (Å²) in [6, 6.07) is 5.98. The van der Waals surface area contributed by atoms with Crippen LogP contribution in [0.2, 0.25) is 0 Å². The van der Waals surface area contributed by atoms with E-state index in [9.17, 15) is 5.11 Å². The number of piperazine rings is 1. The molecule has 2 fully saturated rings. The summed E-state index contributed by atoms with van der Waals surface area (Å²) in [5.41, 5.74) is 1.87. The number of phenols is 1. The second-order valence-corrected chi connectivity index (χ2v) is 7.40. The maximum Gasteiger partial charge on any atom is 0.156 e. The Balaban J connectivity index is 1.48. The number of halogens is 1. The standard InChI is InChI=1S/C18H22BrN3O2/c19-15-11-13(14-3-1-5-20-17(14)18(15)23)12-21-6-8-22(9-7-21)16-4-2-10-24-16/h1,3,5,11,16,23H,2,4,6-10,12H2. The van der Waals surface area contributed by atoms with Crippen molar-refractivity contribution in [3.05, 3.63) is 34.4 Å². The van der Waals surface area contributed by atoms with Crippen LogP contribution >= 0.6 is 15.9 Å². The van der Waals surface area contributed by atoms with Gasteiger partial charge in [-0.2, -0.15) is 0 Å². The molecular weight excluding hydrogens is 370 g/mol. The predicted octanol–water partition coefficient (Wildman–Crippen LogP) is 2.96. The van der Waals surface area contributed by atoms with Crippen LogP contribution < -0.4 is 0 Å². The Hall–Kier alpha value is -1.21. The Labute approximate surface area is 150 Å². The molecule has 2 aliphatic heterocycles. The second-order valence-electron chi connectivity index (χ2n) is 6.55. The van der Waals surface area contributed by atoms with Crippen molar-refractivity contribution in [1.82, 2.24) is 14.8 Å². The highest BCUT2D eigenvalue weighted by Crippen LogP contribution is 2.34. The minimum atomic E-state index is 0.220. The molecule has 3 heterocycles. The molecule has 0 spiro atoms. The lowest BCUT2D eigenvalue weighted by Crippen LogP contribution is -2.49. The van der Waals surface area contributed by atoms with Crippen LogP contribution in [0.3, 0.4) is 0 Å². The van der Waals surface area contributed by atoms with Crippen molar-refractivity contribution in [1.29, 1.82) is 0 Å². The molecule has 2 aliphatic rings. The summed E-state index contributed by atoms with van der Waals surface area (Å²) in [4.78, 5) is 9.27. The van der Waals surface area contributed by atoms with Crippen LogP contribution in [0.4, 0.5) is 0 Å². The number of hydrogen-bond acceptors (Lipinski definition) is 5. The summed E-state index contributed by atoms with van der Waals surface area (Å²) >= 11 is 3.45. The SMILES string of the molecule is Oc1c(Br)cc(CN2CCN(C3CCCO3)CC2)c2cccnc12. The van der Waals surface area contributed by atoms with Crippen molar-refractivity contribution in [2.75, 3.05) is 32.8 Å². The van der Waals surface area contributed by atoms with Gasteiger partial charge in [0.1, 0.15) is 11.7 Å². The minimum absolute atomic E-state index is 0.220. The van der Waals surface area contributed by atoms with E-state index in [2.05, 4.69) is 30.7 Å². The van der Waals surface area contributed by atoms with E-state index in [0.717, 1.165) is 44.7 Å². The van der Waals surface area contributed by atoms with Crippen molar-refractivity contribution in [2.24, 2.45) is 0 Å². The molecule has 128 valence electrons. The number of rotatable bonds is 3. The van der Waals surface area contributed by atoms with E-state index in [1.807, 2.05) is 18.2 Å². The van der Waals surface area contributed by atoms with Crippen molar-refractivity contribution in [3.8, 4) is 5.75 Å². The van der Waals surface area contributed by atoms with Gasteiger partial charge in [0.15, 0.2) is 5.75 Å². The van der Waals surface area contributed by atoms with Crippen molar-refractivity contribution >= 4 is 26.8 Å². The third kappa shape index (κ3) is 3.16. The van der Waals surface area contributed by atoms with E-state index in [-0.39, 0.29) is 5.75 Å². The molecule has 1 atom stereocenters. The molecule has 0 saturated carbocycles. The number of pyridine rings is 1. The molecule has 0 bridgehead atoms. The fourth-order valence-corrected chi connectivity index (χ4v) is 4.16. The zero-order valence-corrected chi connectivity index (χ0v) is 15.2. The highest BCUT2D eigenvalue weighted by Gasteiger charge is 2.27. The number of fused-ring (bicyclic) bond motifs is 1. The number of phenolic OH excluding ortho intramolecular Hbond substituents is 1. The van der Waals surface area contributed by atoms with Crippen LogP contribution in [0.25, 0.3) is 10.9 Å². The van der Waals surface area contributed by atoms with Crippen LogP contribution in [0.15, 0.2) is 28.9 Å². The first-order valence-corrected chi connectivity index (χ1v) is 9.35. The fraction of sp³-hybridized carbons (Fsp3) is 0.500. The summed E-state index contributed by atoms with van der Waals surface area (Å²) in [6.07, 6.45) is 4.41. The summed E-state index contributed by atoms with van der Waals surface area (Å²) in [6.45, 7) is 5.98. The average Bonchev–Trinajstić information content (AvgIpc) is 3.15. The molecule has 4 rings (SSSR count). The molecular formula is C18H22BrN3O2. The number of ether oxygens (including phenoxy) is 1. The number of aromatic nitrogens is 1. The number of aromatic hydroxyl groups is 1. The largest absolute Gasteiger partial charge is 0.505 e. The summed E-state index contributed by atoms with van der Waals surface area (Å²) in [7, 11) is 0. The molecule has 2 saturated heterocycles. The molecule has 1 aromatic carbocycles. The van der Waals surface area contributed by atoms with Crippen LogP contribution in [0.1, 0.15) is 18.4 Å². The summed E-state index contributed by atoms with van der Waals surface area (Å²) in [5, 5.41) is 11.2. The topological polar surface area (TPSA) is 48.8 Å². The maximum atomic E-state index is 10.2. The third-order valence-corrected chi connectivity index (χ3v) is 5.62. The predicted molar refractivity (Wildman–Crippen MR) is 96.9 cm³/mol. The lowest BCUT2D eigenvalue weighted by Gasteiger charge is -2.37. The van der Waals surface area contributed by atoms with Crippen LogP contribution in [-0.2, 0) is 11.3 Å². The lowest BCUT2D eigenvalue weighted by molar-refractivity contribution is -0.0430. The zero-order valence-electron chi connectivity index (χ0n) is 13.6. The molecule has 1 N–H and O–H groups in total. The smallest absolute Gasteiger partial charge is 0.156 e. The molecule has 24 heavy (non-hydrogen) atoms. The molecule has 1 unspecified atom stereocenters. The Morgan fingerprint density at radius 2 is 2.12 bits per heavy atom. The number of benzene rings is 1. The molecule has 0 aliphatic carbocycles. The van der Waals surface area contributed by atoms with Gasteiger partial charge < -0.3 is 9.84 Å². The molecule has 6 heteroatoms. The lowest BCUT2D eigenvalue weighted by atomic mass is 10.1. The summed E-state index contributed by atoms with van der Waals surface area (Å²) in [5.74, 6) is 0.220. The van der Waals surface area contributed by atoms with Crippen molar-refractivity contribution < 1.29 is 9.84 Å². The van der Waals surface area contributed by atoms with Gasteiger partial charge in [-0.25, -0.2) is 0 Å². The Kier molecular flexibility index (Phi) is 4.72. The first kappa shape index (κ1) is 16.3. The normalized spacial score (nSPS) is 23.1. The first-order valence-electron chi connectivity index (χ1n) is 8.55. The second kappa shape index (κ2) is 6.96. The van der Waals surface area contributed by atoms with Crippen LogP contribution in [-0.4, -0.2) is 58.9 Å². The Morgan fingerprint density at radius 1 is 1.29 bits per heavy atom. The van der Waals surface area contributed by atoms with Gasteiger partial charge >= 0.3 is 0 Å². The van der Waals surface area contributed by atoms with Crippen LogP contribution in [0.5, 0.6) is 5.75 Å². The van der Waals surface area contributed by atoms with Gasteiger partial charge in [0.2, 0.25) is 0 Å². The van der Waals surface area contributed by atoms with Gasteiger partial charge in [0, 0.05) is 50.9 Å². The van der Waals surface area contributed by atoms with Crippen molar-refractivity contribution in [2.45, 2.75) is 25.6 Å². The van der Waals surface area contributed by atoms with Gasteiger partial charge in [0.05, 0.1) is 4.47 Å². The van der Waals surface area contributed by atoms with Gasteiger partial charge in [-0.3, -0.25) is 14.8 Å². The van der Waals surface area contributed by atoms with Gasteiger partial charge in [0.25, 0.3) is 0 Å². The van der Waals surface area contributed by atoms with Crippen molar-refractivity contribution in [3.63, 3.8) is 0 Å². The van der Waals surface area contributed by atoms with Crippen LogP contribution in [0, 0.1) is 0 Å². The first-order chi connectivity index (χ1) is 11.7. The molecule has 1 aromatic heterocycles. The van der Waals surface area contributed by atoms with E-state index < -0.39 is 0 Å². The van der Waals surface area contributed by atoms with Gasteiger partial charge in [-0.15, -0.1) is 0 Å². The molecule has 0 amide bonds. The highest BCUT2D eigenvalue weighted by atomic mass is 79.9. The Morgan fingerprint density at radius 3 is 2.88 bits per heavy atom. The molecule has 2 aromatic rings. The quantitative estimate of drug-likeness (QED) is 0.871. The highest BCUT2D eigenvalue weighted by molar-refractivity contribution is 9.10. The number of nitrogens with zero attached hydrogens (tertiary/aromatic N) is 3. The van der Waals surface area contributed by atoms with Gasteiger partial charge in [-0.05, 0) is 46.5 Å². The molecule has 5 nitrogen and oxygen atoms in total. The van der Waals surface area contributed by atoms with E-state index in [0.29, 0.717) is 16.2 Å². The third-order valence-electron chi connectivity index (χ3n) is 5.02. The van der Waals surface area contributed by atoms with Gasteiger partial charge in [-0.1, -0.05) is 6.07 Å². The number of hydrogen-bond donors (Lipinski definition) is 1. The molecule has 0 radical (unpaired) electrons. The fourth-order valence-electron chi connectivity index (χ4n) is 3.70.